The zero-order valence-electron chi connectivity index (χ0n) is 11.3. The Balaban J connectivity index is 1.82. The summed E-state index contributed by atoms with van der Waals surface area (Å²) in [4.78, 5) is 0. The second kappa shape index (κ2) is 6.04. The minimum absolute atomic E-state index is 0.297. The van der Waals surface area contributed by atoms with Crippen LogP contribution in [0.5, 0.6) is 0 Å². The molecule has 1 aromatic heterocycles. The van der Waals surface area contributed by atoms with E-state index in [1.54, 1.807) is 0 Å². The Bertz CT molecular complexity index is 528. The molecular formula is C16H22N2S. The van der Waals surface area contributed by atoms with Crippen LogP contribution in [0, 0.1) is 5.92 Å². The van der Waals surface area contributed by atoms with Crippen molar-refractivity contribution in [1.29, 1.82) is 0 Å². The lowest BCUT2D eigenvalue weighted by atomic mass is 9.83. The number of fused-ring (bicyclic) bond motifs is 1. The Labute approximate surface area is 119 Å². The van der Waals surface area contributed by atoms with Crippen LogP contribution in [-0.2, 0) is 0 Å². The lowest BCUT2D eigenvalue weighted by Crippen LogP contribution is -2.30. The van der Waals surface area contributed by atoms with Crippen LogP contribution in [0.25, 0.3) is 10.1 Å². The highest BCUT2D eigenvalue weighted by Gasteiger charge is 2.21. The molecule has 3 N–H and O–H groups in total. The summed E-state index contributed by atoms with van der Waals surface area (Å²) in [5.74, 6) is 6.67. The summed E-state index contributed by atoms with van der Waals surface area (Å²) < 4.78 is 1.39. The van der Waals surface area contributed by atoms with Gasteiger partial charge in [-0.05, 0) is 34.7 Å². The maximum Gasteiger partial charge on any atom is 0.0476 e. The fourth-order valence-corrected chi connectivity index (χ4v) is 4.30. The van der Waals surface area contributed by atoms with Crippen molar-refractivity contribution in [3.63, 3.8) is 0 Å². The average Bonchev–Trinajstić information content (AvgIpc) is 2.94. The Kier molecular flexibility index (Phi) is 4.16. The van der Waals surface area contributed by atoms with E-state index in [1.165, 1.54) is 54.2 Å². The smallest absolute Gasteiger partial charge is 0.0476 e. The molecule has 1 saturated carbocycles. The first-order chi connectivity index (χ1) is 9.38. The van der Waals surface area contributed by atoms with Crippen molar-refractivity contribution >= 4 is 21.4 Å². The first-order valence-electron chi connectivity index (χ1n) is 7.30. The second-order valence-electron chi connectivity index (χ2n) is 5.65. The van der Waals surface area contributed by atoms with E-state index < -0.39 is 0 Å². The van der Waals surface area contributed by atoms with Gasteiger partial charge in [-0.1, -0.05) is 50.3 Å². The summed E-state index contributed by atoms with van der Waals surface area (Å²) in [6.07, 6.45) is 8.12. The van der Waals surface area contributed by atoms with Gasteiger partial charge in [-0.2, -0.15) is 0 Å². The molecule has 1 aromatic carbocycles. The molecule has 2 aromatic rings. The lowest BCUT2D eigenvalue weighted by molar-refractivity contribution is 0.302. The van der Waals surface area contributed by atoms with Crippen LogP contribution in [0.4, 0.5) is 0 Å². The van der Waals surface area contributed by atoms with Gasteiger partial charge in [-0.15, -0.1) is 11.3 Å². The van der Waals surface area contributed by atoms with Gasteiger partial charge in [0, 0.05) is 10.7 Å². The molecule has 0 radical (unpaired) electrons. The average molecular weight is 274 g/mol. The van der Waals surface area contributed by atoms with E-state index in [2.05, 4.69) is 35.1 Å². The first-order valence-corrected chi connectivity index (χ1v) is 8.18. The predicted octanol–water partition coefficient (Wildman–Crippen LogP) is 4.38. The molecule has 0 spiro atoms. The zero-order valence-corrected chi connectivity index (χ0v) is 12.1. The monoisotopic (exact) mass is 274 g/mol. The van der Waals surface area contributed by atoms with Crippen LogP contribution in [0.3, 0.4) is 0 Å². The molecule has 1 aliphatic rings. The summed E-state index contributed by atoms with van der Waals surface area (Å²) in [5.41, 5.74) is 4.43. The minimum Gasteiger partial charge on any atom is -0.271 e. The van der Waals surface area contributed by atoms with Crippen molar-refractivity contribution in [1.82, 2.24) is 5.43 Å². The number of hydrazine groups is 1. The number of rotatable bonds is 4. The highest BCUT2D eigenvalue weighted by Crippen LogP contribution is 2.35. The maximum atomic E-state index is 5.84. The third kappa shape index (κ3) is 2.83. The number of thiophene rings is 1. The van der Waals surface area contributed by atoms with E-state index >= 15 is 0 Å². The van der Waals surface area contributed by atoms with Crippen LogP contribution >= 0.6 is 11.3 Å². The predicted molar refractivity (Wildman–Crippen MR) is 83.1 cm³/mol. The molecule has 0 amide bonds. The van der Waals surface area contributed by atoms with Crippen molar-refractivity contribution in [2.24, 2.45) is 11.8 Å². The van der Waals surface area contributed by atoms with Crippen molar-refractivity contribution in [3.05, 3.63) is 35.2 Å². The third-order valence-electron chi connectivity index (χ3n) is 4.38. The molecule has 102 valence electrons. The van der Waals surface area contributed by atoms with Gasteiger partial charge in [0.25, 0.3) is 0 Å². The van der Waals surface area contributed by atoms with Gasteiger partial charge in [0.2, 0.25) is 0 Å². The van der Waals surface area contributed by atoms with E-state index in [4.69, 9.17) is 5.84 Å². The van der Waals surface area contributed by atoms with E-state index in [0.29, 0.717) is 6.04 Å². The fraction of sp³-hybridized carbons (Fsp3) is 0.500. The largest absolute Gasteiger partial charge is 0.271 e. The summed E-state index contributed by atoms with van der Waals surface area (Å²) in [5, 5.41) is 3.51. The van der Waals surface area contributed by atoms with Crippen LogP contribution in [0.15, 0.2) is 29.6 Å². The summed E-state index contributed by atoms with van der Waals surface area (Å²) in [6, 6.07) is 9.05. The summed E-state index contributed by atoms with van der Waals surface area (Å²) >= 11 is 1.82. The van der Waals surface area contributed by atoms with E-state index in [-0.39, 0.29) is 0 Å². The quantitative estimate of drug-likeness (QED) is 0.641. The topological polar surface area (TPSA) is 38.0 Å². The van der Waals surface area contributed by atoms with Gasteiger partial charge in [0.05, 0.1) is 0 Å². The first kappa shape index (κ1) is 13.1. The molecule has 2 nitrogen and oxygen atoms in total. The molecule has 19 heavy (non-hydrogen) atoms. The SMILES string of the molecule is NNC(CC1CCCCC1)c1cccc2ccsc12. The van der Waals surface area contributed by atoms with Gasteiger partial charge in [0.15, 0.2) is 0 Å². The van der Waals surface area contributed by atoms with Crippen molar-refractivity contribution < 1.29 is 0 Å². The molecule has 1 atom stereocenters. The van der Waals surface area contributed by atoms with Crippen LogP contribution < -0.4 is 11.3 Å². The Morgan fingerprint density at radius 1 is 1.21 bits per heavy atom. The van der Waals surface area contributed by atoms with Crippen LogP contribution in [0.1, 0.15) is 50.1 Å². The Morgan fingerprint density at radius 3 is 2.84 bits per heavy atom. The molecule has 0 saturated heterocycles. The third-order valence-corrected chi connectivity index (χ3v) is 5.36. The van der Waals surface area contributed by atoms with Crippen molar-refractivity contribution in [3.8, 4) is 0 Å². The van der Waals surface area contributed by atoms with Crippen LogP contribution in [-0.4, -0.2) is 0 Å². The lowest BCUT2D eigenvalue weighted by Gasteiger charge is -2.26. The molecule has 1 heterocycles. The molecule has 0 aliphatic heterocycles. The molecule has 1 unspecified atom stereocenters. The number of nitrogens with one attached hydrogen (secondary N) is 1. The van der Waals surface area contributed by atoms with Crippen molar-refractivity contribution in [2.75, 3.05) is 0 Å². The highest BCUT2D eigenvalue weighted by atomic mass is 32.1. The normalized spacial score (nSPS) is 18.8. The van der Waals surface area contributed by atoms with E-state index in [9.17, 15) is 0 Å². The fourth-order valence-electron chi connectivity index (χ4n) is 3.33. The molecular weight excluding hydrogens is 252 g/mol. The van der Waals surface area contributed by atoms with Gasteiger partial charge >= 0.3 is 0 Å². The molecule has 3 rings (SSSR count). The number of hydrogen-bond acceptors (Lipinski definition) is 3. The molecule has 0 bridgehead atoms. The minimum atomic E-state index is 0.297. The van der Waals surface area contributed by atoms with Crippen LogP contribution in [0.2, 0.25) is 0 Å². The second-order valence-corrected chi connectivity index (χ2v) is 6.56. The highest BCUT2D eigenvalue weighted by molar-refractivity contribution is 7.17. The standard InChI is InChI=1S/C16H22N2S/c17-18-15(11-12-5-2-1-3-6-12)14-8-4-7-13-9-10-19-16(13)14/h4,7-10,12,15,18H,1-3,5-6,11,17H2. The van der Waals surface area contributed by atoms with Gasteiger partial charge in [-0.3, -0.25) is 11.3 Å². The number of nitrogens with two attached hydrogens (primary N) is 1. The Morgan fingerprint density at radius 2 is 2.05 bits per heavy atom. The maximum absolute atomic E-state index is 5.84. The zero-order chi connectivity index (χ0) is 13.1. The van der Waals surface area contributed by atoms with Crippen molar-refractivity contribution in [2.45, 2.75) is 44.6 Å². The van der Waals surface area contributed by atoms with Gasteiger partial charge in [0.1, 0.15) is 0 Å². The van der Waals surface area contributed by atoms with Gasteiger partial charge in [-0.25, -0.2) is 0 Å². The van der Waals surface area contributed by atoms with Gasteiger partial charge < -0.3 is 0 Å². The van der Waals surface area contributed by atoms with E-state index in [1.807, 2.05) is 11.3 Å². The van der Waals surface area contributed by atoms with E-state index in [0.717, 1.165) is 5.92 Å². The molecule has 1 aliphatic carbocycles. The number of benzene rings is 1. The number of hydrogen-bond donors (Lipinski definition) is 2. The molecule has 1 fully saturated rings. The summed E-state index contributed by atoms with van der Waals surface area (Å²) in [7, 11) is 0. The Hall–Kier alpha value is -0.900. The molecule has 3 heteroatoms. The summed E-state index contributed by atoms with van der Waals surface area (Å²) in [6.45, 7) is 0.